The SMILES string of the molecule is [2H]C([2H])([2H])N(C)C1CCC(Nc2ncnc3sc4c(c23)CC([2H])([2H])C4([2H])[2H])CC1. The van der Waals surface area contributed by atoms with E-state index in [1.807, 2.05) is 0 Å². The topological polar surface area (TPSA) is 41.0 Å². The summed E-state index contributed by atoms with van der Waals surface area (Å²) in [5.74, 6) is 0.619. The molecule has 2 aliphatic rings. The zero-order valence-corrected chi connectivity index (χ0v) is 13.3. The maximum atomic E-state index is 8.22. The highest BCUT2D eigenvalue weighted by Gasteiger charge is 2.25. The van der Waals surface area contributed by atoms with Crippen molar-refractivity contribution in [1.82, 2.24) is 14.9 Å². The Morgan fingerprint density at radius 3 is 3.05 bits per heavy atom. The number of nitrogens with one attached hydrogen (secondary N) is 1. The van der Waals surface area contributed by atoms with Gasteiger partial charge in [0.2, 0.25) is 0 Å². The van der Waals surface area contributed by atoms with Gasteiger partial charge < -0.3 is 10.2 Å². The Bertz CT molecular complexity index is 918. The molecule has 1 saturated carbocycles. The van der Waals surface area contributed by atoms with Crippen molar-refractivity contribution in [2.75, 3.05) is 19.3 Å². The fourth-order valence-corrected chi connectivity index (χ4v) is 4.42. The van der Waals surface area contributed by atoms with Crippen molar-refractivity contribution in [3.05, 3.63) is 16.8 Å². The minimum absolute atomic E-state index is 0.00745. The molecule has 4 nitrogen and oxygen atoms in total. The third kappa shape index (κ3) is 2.50. The maximum absolute atomic E-state index is 8.22. The number of fused-ring (bicyclic) bond motifs is 3. The van der Waals surface area contributed by atoms with Crippen molar-refractivity contribution >= 4 is 27.4 Å². The molecule has 0 amide bonds. The monoisotopic (exact) mass is 323 g/mol. The van der Waals surface area contributed by atoms with E-state index in [9.17, 15) is 0 Å². The predicted molar refractivity (Wildman–Crippen MR) is 92.8 cm³/mol. The van der Waals surface area contributed by atoms with Gasteiger partial charge in [0, 0.05) is 26.6 Å². The summed E-state index contributed by atoms with van der Waals surface area (Å²) in [6, 6.07) is 0.163. The molecule has 5 heteroatoms. The number of hydrogen-bond acceptors (Lipinski definition) is 5. The Kier molecular flexibility index (Phi) is 2.26. The van der Waals surface area contributed by atoms with Gasteiger partial charge in [-0.1, -0.05) is 0 Å². The molecular weight excluding hydrogens is 292 g/mol. The zero-order chi connectivity index (χ0) is 21.2. The summed E-state index contributed by atoms with van der Waals surface area (Å²) in [4.78, 5) is 11.2. The summed E-state index contributed by atoms with van der Waals surface area (Å²) in [6.45, 7) is -2.08. The van der Waals surface area contributed by atoms with E-state index in [4.69, 9.17) is 9.60 Å². The van der Waals surface area contributed by atoms with Crippen molar-refractivity contribution in [3.63, 3.8) is 0 Å². The normalized spacial score (nSPS) is 34.7. The molecule has 0 aliphatic heterocycles. The van der Waals surface area contributed by atoms with Crippen LogP contribution >= 0.6 is 11.3 Å². The lowest BCUT2D eigenvalue weighted by Gasteiger charge is -2.33. The quantitative estimate of drug-likeness (QED) is 0.939. The average Bonchev–Trinajstić information content (AvgIpc) is 3.07. The van der Waals surface area contributed by atoms with E-state index < -0.39 is 19.7 Å². The van der Waals surface area contributed by atoms with Crippen LogP contribution in [0, 0.1) is 0 Å². The van der Waals surface area contributed by atoms with E-state index in [-0.39, 0.29) is 18.5 Å². The molecule has 0 aromatic carbocycles. The van der Waals surface area contributed by atoms with Crippen LogP contribution in [0.25, 0.3) is 10.2 Å². The molecule has 0 bridgehead atoms. The third-order valence-corrected chi connectivity index (χ3v) is 5.69. The molecular formula is C17H24N4S. The number of rotatable bonds is 3. The Balaban J connectivity index is 1.55. The highest BCUT2D eigenvalue weighted by Crippen LogP contribution is 2.39. The van der Waals surface area contributed by atoms with Crippen molar-refractivity contribution in [2.24, 2.45) is 0 Å². The van der Waals surface area contributed by atoms with E-state index >= 15 is 0 Å². The highest BCUT2D eigenvalue weighted by molar-refractivity contribution is 7.19. The molecule has 0 saturated heterocycles. The molecule has 0 unspecified atom stereocenters. The van der Waals surface area contributed by atoms with Crippen LogP contribution in [-0.4, -0.2) is 41.0 Å². The summed E-state index contributed by atoms with van der Waals surface area (Å²) in [5.41, 5.74) is 0.666. The van der Waals surface area contributed by atoms with E-state index in [0.29, 0.717) is 21.1 Å². The molecule has 2 aromatic rings. The first-order chi connectivity index (χ1) is 13.4. The van der Waals surface area contributed by atoms with Crippen LogP contribution in [0.1, 0.15) is 52.1 Å². The van der Waals surface area contributed by atoms with E-state index in [2.05, 4.69) is 15.3 Å². The molecule has 0 atom stereocenters. The fourth-order valence-electron chi connectivity index (χ4n) is 3.38. The number of hydrogen-bond donors (Lipinski definition) is 1. The first kappa shape index (κ1) is 8.60. The van der Waals surface area contributed by atoms with E-state index in [1.165, 1.54) is 22.6 Å². The van der Waals surface area contributed by atoms with Gasteiger partial charge in [0.1, 0.15) is 17.0 Å². The van der Waals surface area contributed by atoms with Crippen LogP contribution in [-0.2, 0) is 12.8 Å². The second-order valence-electron chi connectivity index (χ2n) is 6.05. The highest BCUT2D eigenvalue weighted by atomic mass is 32.1. The standard InChI is InChI=1S/C17H24N4S/c1-21(2)12-8-6-11(7-9-12)20-16-15-13-4-3-5-14(13)22-17(15)19-10-18-16/h10-12H,3-9H2,1-2H3,(H,18,19,20)/i1D3,3D2,5D2. The van der Waals surface area contributed by atoms with Gasteiger partial charge in [0.05, 0.1) is 5.39 Å². The molecule has 0 spiro atoms. The van der Waals surface area contributed by atoms with Crippen LogP contribution in [0.2, 0.25) is 0 Å². The number of nitrogens with zero attached hydrogens (tertiary/aromatic N) is 3. The maximum Gasteiger partial charge on any atom is 0.138 e. The molecule has 1 fully saturated rings. The average molecular weight is 324 g/mol. The van der Waals surface area contributed by atoms with Gasteiger partial charge in [-0.2, -0.15) is 0 Å². The number of anilines is 1. The van der Waals surface area contributed by atoms with Gasteiger partial charge in [0.15, 0.2) is 0 Å². The summed E-state index contributed by atoms with van der Waals surface area (Å²) in [5, 5.41) is 4.17. The predicted octanol–water partition coefficient (Wildman–Crippen LogP) is 3.46. The largest absolute Gasteiger partial charge is 0.367 e. The van der Waals surface area contributed by atoms with Crippen molar-refractivity contribution in [1.29, 1.82) is 0 Å². The summed E-state index contributed by atoms with van der Waals surface area (Å²) < 4.78 is 55.4. The van der Waals surface area contributed by atoms with Crippen LogP contribution in [0.5, 0.6) is 0 Å². The molecule has 118 valence electrons. The molecule has 1 N–H and O–H groups in total. The number of thiophene rings is 1. The van der Waals surface area contributed by atoms with Gasteiger partial charge in [-0.3, -0.25) is 0 Å². The molecule has 2 aliphatic carbocycles. The van der Waals surface area contributed by atoms with E-state index in [0.717, 1.165) is 31.1 Å². The minimum Gasteiger partial charge on any atom is -0.367 e. The van der Waals surface area contributed by atoms with Crippen molar-refractivity contribution < 1.29 is 9.60 Å². The number of aromatic nitrogens is 2. The fraction of sp³-hybridized carbons (Fsp3) is 0.647. The van der Waals surface area contributed by atoms with Crippen LogP contribution in [0.4, 0.5) is 5.82 Å². The lowest BCUT2D eigenvalue weighted by molar-refractivity contribution is 0.221. The van der Waals surface area contributed by atoms with Crippen molar-refractivity contribution in [2.45, 2.75) is 56.9 Å². The van der Waals surface area contributed by atoms with Gasteiger partial charge in [0.25, 0.3) is 0 Å². The van der Waals surface area contributed by atoms with Crippen LogP contribution in [0.15, 0.2) is 6.33 Å². The van der Waals surface area contributed by atoms with Gasteiger partial charge in [-0.05, 0) is 64.4 Å². The van der Waals surface area contributed by atoms with Gasteiger partial charge >= 0.3 is 0 Å². The van der Waals surface area contributed by atoms with Crippen LogP contribution in [0.3, 0.4) is 0 Å². The summed E-state index contributed by atoms with van der Waals surface area (Å²) >= 11 is 1.20. The van der Waals surface area contributed by atoms with Crippen LogP contribution < -0.4 is 5.32 Å². The van der Waals surface area contributed by atoms with Gasteiger partial charge in [-0.15, -0.1) is 11.3 Å². The Morgan fingerprint density at radius 2 is 2.23 bits per heavy atom. The smallest absolute Gasteiger partial charge is 0.138 e. The molecule has 2 heterocycles. The lowest BCUT2D eigenvalue weighted by atomic mass is 9.90. The molecule has 4 rings (SSSR count). The van der Waals surface area contributed by atoms with Crippen molar-refractivity contribution in [3.8, 4) is 0 Å². The summed E-state index contributed by atoms with van der Waals surface area (Å²) in [7, 11) is 1.65. The minimum atomic E-state index is -2.08. The lowest BCUT2D eigenvalue weighted by Crippen LogP contribution is -2.36. The second kappa shape index (κ2) is 5.78. The first-order valence-electron chi connectivity index (χ1n) is 11.2. The van der Waals surface area contributed by atoms with E-state index in [1.54, 1.807) is 7.05 Å². The molecule has 22 heavy (non-hydrogen) atoms. The third-order valence-electron chi connectivity index (χ3n) is 4.64. The molecule has 0 radical (unpaired) electrons. The zero-order valence-electron chi connectivity index (χ0n) is 19.5. The van der Waals surface area contributed by atoms with Gasteiger partial charge in [-0.25, -0.2) is 9.97 Å². The Morgan fingerprint density at radius 1 is 1.36 bits per heavy atom. The Labute approximate surface area is 145 Å². The molecule has 2 aromatic heterocycles. The Hall–Kier alpha value is -1.20. The number of aryl methyl sites for hydroxylation is 2. The summed E-state index contributed by atoms with van der Waals surface area (Å²) in [6.07, 6.45) is 0.634. The first-order valence-corrected chi connectivity index (χ1v) is 8.50. The second-order valence-corrected chi connectivity index (χ2v) is 7.05.